The predicted molar refractivity (Wildman–Crippen MR) is 106 cm³/mol. The van der Waals surface area contributed by atoms with E-state index in [1.165, 1.54) is 6.92 Å². The van der Waals surface area contributed by atoms with Crippen molar-refractivity contribution in [3.8, 4) is 0 Å². The maximum Gasteiger partial charge on any atom is 0.184 e. The van der Waals surface area contributed by atoms with Crippen LogP contribution < -0.4 is 5.32 Å². The van der Waals surface area contributed by atoms with Gasteiger partial charge in [0.05, 0.1) is 18.3 Å². The molecule has 0 bridgehead atoms. The minimum absolute atomic E-state index is 0.00853. The molecule has 27 heavy (non-hydrogen) atoms. The van der Waals surface area contributed by atoms with Gasteiger partial charge in [-0.3, -0.25) is 4.79 Å². The number of aromatic nitrogens is 5. The molecule has 0 fully saturated rings. The maximum absolute atomic E-state index is 11.5. The summed E-state index contributed by atoms with van der Waals surface area (Å²) in [4.78, 5) is 20.5. The van der Waals surface area contributed by atoms with E-state index in [4.69, 9.17) is 4.74 Å². The average molecular weight is 433 g/mol. The summed E-state index contributed by atoms with van der Waals surface area (Å²) in [7, 11) is 1.66. The average Bonchev–Trinajstić information content (AvgIpc) is 3.04. The van der Waals surface area contributed by atoms with Gasteiger partial charge in [-0.15, -0.1) is 5.10 Å². The SMILES string of the molecule is CCC(COC)n1nnc2c(Nc3ccc(C(C)=O)cc3Br)nc(C)nc21. The van der Waals surface area contributed by atoms with Crippen LogP contribution in [0.25, 0.3) is 11.2 Å². The number of rotatable bonds is 7. The molecule has 0 aliphatic rings. The van der Waals surface area contributed by atoms with E-state index in [1.807, 2.05) is 13.0 Å². The first kappa shape index (κ1) is 19.4. The van der Waals surface area contributed by atoms with Gasteiger partial charge >= 0.3 is 0 Å². The summed E-state index contributed by atoms with van der Waals surface area (Å²) in [6.45, 7) is 5.96. The van der Waals surface area contributed by atoms with E-state index in [2.05, 4.69) is 48.5 Å². The van der Waals surface area contributed by atoms with E-state index >= 15 is 0 Å². The van der Waals surface area contributed by atoms with Crippen LogP contribution in [0.3, 0.4) is 0 Å². The first-order valence-electron chi connectivity index (χ1n) is 8.60. The Morgan fingerprint density at radius 1 is 1.37 bits per heavy atom. The van der Waals surface area contributed by atoms with Crippen molar-refractivity contribution in [1.29, 1.82) is 0 Å². The highest BCUT2D eigenvalue weighted by molar-refractivity contribution is 9.10. The largest absolute Gasteiger partial charge is 0.382 e. The predicted octanol–water partition coefficient (Wildman–Crippen LogP) is 3.84. The molecule has 0 radical (unpaired) electrons. The molecule has 3 rings (SSSR count). The van der Waals surface area contributed by atoms with Crippen molar-refractivity contribution in [3.05, 3.63) is 34.1 Å². The highest BCUT2D eigenvalue weighted by Gasteiger charge is 2.19. The molecular weight excluding hydrogens is 412 g/mol. The van der Waals surface area contributed by atoms with Gasteiger partial charge in [-0.2, -0.15) is 0 Å². The zero-order valence-electron chi connectivity index (χ0n) is 15.7. The third-order valence-electron chi connectivity index (χ3n) is 4.24. The number of aryl methyl sites for hydroxylation is 1. The standard InChI is InChI=1S/C18H21BrN6O2/c1-5-13(9-27-4)25-18-16(23-24-25)17(20-11(3)21-18)22-15-7-6-12(10(2)26)8-14(15)19/h6-8,13H,5,9H2,1-4H3,(H,20,21,22). The molecule has 0 aliphatic heterocycles. The van der Waals surface area contributed by atoms with Crippen molar-refractivity contribution in [3.63, 3.8) is 0 Å². The van der Waals surface area contributed by atoms with Crippen LogP contribution in [0.5, 0.6) is 0 Å². The molecule has 3 aromatic rings. The van der Waals surface area contributed by atoms with Crippen LogP contribution in [0, 0.1) is 6.92 Å². The number of carbonyl (C=O) groups is 1. The molecular formula is C18H21BrN6O2. The third-order valence-corrected chi connectivity index (χ3v) is 4.90. The molecule has 1 atom stereocenters. The van der Waals surface area contributed by atoms with Crippen LogP contribution >= 0.6 is 15.9 Å². The summed E-state index contributed by atoms with van der Waals surface area (Å²) in [6, 6.07) is 5.42. The number of halogens is 1. The van der Waals surface area contributed by atoms with Gasteiger partial charge in [0, 0.05) is 17.1 Å². The number of hydrogen-bond acceptors (Lipinski definition) is 7. The maximum atomic E-state index is 11.5. The van der Waals surface area contributed by atoms with E-state index in [0.29, 0.717) is 35.0 Å². The van der Waals surface area contributed by atoms with Crippen molar-refractivity contribution >= 4 is 44.4 Å². The molecule has 0 aliphatic carbocycles. The Balaban J connectivity index is 2.03. The Labute approximate surface area is 165 Å². The Kier molecular flexibility index (Phi) is 5.81. The van der Waals surface area contributed by atoms with E-state index in [9.17, 15) is 4.79 Å². The van der Waals surface area contributed by atoms with Gasteiger partial charge in [-0.1, -0.05) is 12.1 Å². The lowest BCUT2D eigenvalue weighted by Gasteiger charge is -2.14. The molecule has 1 N–H and O–H groups in total. The highest BCUT2D eigenvalue weighted by atomic mass is 79.9. The van der Waals surface area contributed by atoms with Gasteiger partial charge in [-0.05, 0) is 54.4 Å². The topological polar surface area (TPSA) is 94.8 Å². The Morgan fingerprint density at radius 3 is 2.78 bits per heavy atom. The molecule has 0 amide bonds. The molecule has 0 saturated heterocycles. The van der Waals surface area contributed by atoms with E-state index in [0.717, 1.165) is 16.6 Å². The number of benzene rings is 1. The second-order valence-electron chi connectivity index (χ2n) is 6.22. The van der Waals surface area contributed by atoms with Crippen molar-refractivity contribution in [2.75, 3.05) is 19.0 Å². The number of ether oxygens (including phenoxy) is 1. The van der Waals surface area contributed by atoms with Crippen molar-refractivity contribution in [2.45, 2.75) is 33.2 Å². The summed E-state index contributed by atoms with van der Waals surface area (Å²) in [6.07, 6.45) is 0.843. The number of ketones is 1. The smallest absolute Gasteiger partial charge is 0.184 e. The van der Waals surface area contributed by atoms with Crippen LogP contribution in [-0.4, -0.2) is 44.5 Å². The van der Waals surface area contributed by atoms with Gasteiger partial charge in [-0.25, -0.2) is 14.6 Å². The van der Waals surface area contributed by atoms with Crippen molar-refractivity contribution in [2.24, 2.45) is 0 Å². The van der Waals surface area contributed by atoms with Crippen LogP contribution in [0.1, 0.15) is 42.5 Å². The molecule has 1 aromatic carbocycles. The summed E-state index contributed by atoms with van der Waals surface area (Å²) in [5.74, 6) is 1.18. The number of nitrogens with one attached hydrogen (secondary N) is 1. The van der Waals surface area contributed by atoms with Crippen LogP contribution in [-0.2, 0) is 4.74 Å². The van der Waals surface area contributed by atoms with Gasteiger partial charge in [0.25, 0.3) is 0 Å². The fourth-order valence-corrected chi connectivity index (χ4v) is 3.27. The Hall–Kier alpha value is -2.39. The number of methoxy groups -OCH3 is 1. The first-order valence-corrected chi connectivity index (χ1v) is 9.39. The first-order chi connectivity index (χ1) is 12.9. The van der Waals surface area contributed by atoms with Crippen LogP contribution in [0.2, 0.25) is 0 Å². The Morgan fingerprint density at radius 2 is 2.15 bits per heavy atom. The number of hydrogen-bond donors (Lipinski definition) is 1. The van der Waals surface area contributed by atoms with Gasteiger partial charge in [0.1, 0.15) is 5.82 Å². The number of anilines is 2. The van der Waals surface area contributed by atoms with E-state index in [1.54, 1.807) is 23.9 Å². The van der Waals surface area contributed by atoms with E-state index < -0.39 is 0 Å². The highest BCUT2D eigenvalue weighted by Crippen LogP contribution is 2.29. The lowest BCUT2D eigenvalue weighted by Crippen LogP contribution is -2.16. The number of Topliss-reactive ketones (excluding diaryl/α,β-unsaturated/α-hetero) is 1. The fraction of sp³-hybridized carbons (Fsp3) is 0.389. The van der Waals surface area contributed by atoms with Crippen LogP contribution in [0.4, 0.5) is 11.5 Å². The number of nitrogens with zero attached hydrogens (tertiary/aromatic N) is 5. The Bertz CT molecular complexity index is 987. The second kappa shape index (κ2) is 8.10. The van der Waals surface area contributed by atoms with Gasteiger partial charge in [0.2, 0.25) is 0 Å². The monoisotopic (exact) mass is 432 g/mol. The lowest BCUT2D eigenvalue weighted by molar-refractivity contribution is 0.101. The van der Waals surface area contributed by atoms with E-state index in [-0.39, 0.29) is 11.8 Å². The molecule has 0 spiro atoms. The van der Waals surface area contributed by atoms with Crippen molar-refractivity contribution in [1.82, 2.24) is 25.0 Å². The summed E-state index contributed by atoms with van der Waals surface area (Å²) >= 11 is 3.50. The lowest BCUT2D eigenvalue weighted by atomic mass is 10.1. The fourth-order valence-electron chi connectivity index (χ4n) is 2.79. The zero-order chi connectivity index (χ0) is 19.6. The van der Waals surface area contributed by atoms with Gasteiger partial charge in [0.15, 0.2) is 22.8 Å². The molecule has 2 aromatic heterocycles. The minimum Gasteiger partial charge on any atom is -0.382 e. The molecule has 1 unspecified atom stereocenters. The number of fused-ring (bicyclic) bond motifs is 1. The normalized spacial score (nSPS) is 12.3. The van der Waals surface area contributed by atoms with Gasteiger partial charge < -0.3 is 10.1 Å². The summed E-state index contributed by atoms with van der Waals surface area (Å²) in [5.41, 5.74) is 2.65. The summed E-state index contributed by atoms with van der Waals surface area (Å²) in [5, 5.41) is 11.8. The molecule has 142 valence electrons. The molecule has 8 nitrogen and oxygen atoms in total. The summed E-state index contributed by atoms with van der Waals surface area (Å²) < 4.78 is 7.83. The second-order valence-corrected chi connectivity index (χ2v) is 7.07. The molecule has 2 heterocycles. The van der Waals surface area contributed by atoms with Crippen molar-refractivity contribution < 1.29 is 9.53 Å². The zero-order valence-corrected chi connectivity index (χ0v) is 17.2. The third kappa shape index (κ3) is 3.98. The molecule has 0 saturated carbocycles. The molecule has 9 heteroatoms. The van der Waals surface area contributed by atoms with Crippen LogP contribution in [0.15, 0.2) is 22.7 Å². The quantitative estimate of drug-likeness (QED) is 0.566. The number of carbonyl (C=O) groups excluding carboxylic acids is 1. The minimum atomic E-state index is 0.00853.